The summed E-state index contributed by atoms with van der Waals surface area (Å²) < 4.78 is 16.5. The van der Waals surface area contributed by atoms with E-state index in [2.05, 4.69) is 0 Å². The summed E-state index contributed by atoms with van der Waals surface area (Å²) in [5, 5.41) is 10.4. The number of phenolic OH excluding ortho intramolecular Hbond substituents is 1. The van der Waals surface area contributed by atoms with Crippen LogP contribution >= 0.6 is 0 Å². The fourth-order valence-electron chi connectivity index (χ4n) is 3.35. The topological polar surface area (TPSA) is 86.0 Å². The van der Waals surface area contributed by atoms with Gasteiger partial charge in [-0.3, -0.25) is 0 Å². The van der Waals surface area contributed by atoms with E-state index in [0.29, 0.717) is 22.3 Å². The lowest BCUT2D eigenvalue weighted by Gasteiger charge is -2.17. The van der Waals surface area contributed by atoms with E-state index in [1.165, 1.54) is 12.1 Å². The molecule has 2 heterocycles. The third-order valence-electron chi connectivity index (χ3n) is 4.41. The molecule has 0 radical (unpaired) electrons. The van der Waals surface area contributed by atoms with Gasteiger partial charge in [-0.1, -0.05) is 24.3 Å². The zero-order valence-electron chi connectivity index (χ0n) is 14.0. The van der Waals surface area contributed by atoms with E-state index in [9.17, 15) is 14.7 Å². The van der Waals surface area contributed by atoms with Crippen LogP contribution in [0.3, 0.4) is 0 Å². The van der Waals surface area contributed by atoms with Gasteiger partial charge < -0.3 is 19.0 Å². The smallest absolute Gasteiger partial charge is 0.348 e. The molecule has 1 aromatic heterocycles. The van der Waals surface area contributed by atoms with Gasteiger partial charge in [0, 0.05) is 0 Å². The number of aromatic hydroxyl groups is 1. The molecular formula is C20H16O6. The van der Waals surface area contributed by atoms with E-state index in [4.69, 9.17) is 13.9 Å². The molecule has 0 aliphatic carbocycles. The van der Waals surface area contributed by atoms with Gasteiger partial charge in [-0.25, -0.2) is 9.59 Å². The van der Waals surface area contributed by atoms with Gasteiger partial charge in [0.25, 0.3) is 0 Å². The molecule has 1 aliphatic heterocycles. The van der Waals surface area contributed by atoms with Crippen molar-refractivity contribution in [2.24, 2.45) is 0 Å². The number of para-hydroxylation sites is 1. The number of esters is 1. The van der Waals surface area contributed by atoms with Crippen molar-refractivity contribution in [3.05, 3.63) is 70.1 Å². The molecule has 6 nitrogen and oxygen atoms in total. The second-order valence-corrected chi connectivity index (χ2v) is 5.99. The fourth-order valence-corrected chi connectivity index (χ4v) is 3.35. The van der Waals surface area contributed by atoms with E-state index < -0.39 is 23.6 Å². The molecule has 0 saturated carbocycles. The van der Waals surface area contributed by atoms with Crippen LogP contribution in [0.25, 0.3) is 11.0 Å². The molecule has 2 atom stereocenters. The highest BCUT2D eigenvalue weighted by Crippen LogP contribution is 2.44. The van der Waals surface area contributed by atoms with Crippen molar-refractivity contribution < 1.29 is 23.8 Å². The van der Waals surface area contributed by atoms with Crippen LogP contribution in [0.4, 0.5) is 0 Å². The first-order chi connectivity index (χ1) is 12.6. The monoisotopic (exact) mass is 352 g/mol. The van der Waals surface area contributed by atoms with Crippen LogP contribution in [0.15, 0.2) is 57.7 Å². The summed E-state index contributed by atoms with van der Waals surface area (Å²) in [7, 11) is 0. The maximum atomic E-state index is 12.7. The molecule has 0 unspecified atom stereocenters. The van der Waals surface area contributed by atoms with E-state index in [-0.39, 0.29) is 17.9 Å². The predicted octanol–water partition coefficient (Wildman–Crippen LogP) is 2.95. The second kappa shape index (κ2) is 6.22. The lowest BCUT2D eigenvalue weighted by molar-refractivity contribution is -0.151. The minimum atomic E-state index is -1.03. The maximum Gasteiger partial charge on any atom is 0.348 e. The molecule has 3 aromatic rings. The fraction of sp³-hybridized carbons (Fsp3) is 0.200. The Morgan fingerprint density at radius 1 is 1.19 bits per heavy atom. The Morgan fingerprint density at radius 3 is 2.77 bits per heavy atom. The van der Waals surface area contributed by atoms with Crippen LogP contribution in [0.2, 0.25) is 0 Å². The summed E-state index contributed by atoms with van der Waals surface area (Å²) >= 11 is 0. The summed E-state index contributed by atoms with van der Waals surface area (Å²) in [6, 6.07) is 13.4. The standard InChI is InChI=1S/C20H16O6/c1-2-24-20(23)18-15(11-6-5-7-12(21)10-11)16-17(26-18)13-8-3-4-9-14(13)25-19(16)22/h3-10,15,18,21H,2H2,1H3/t15-,18-/m0/s1. The Hall–Kier alpha value is -3.28. The van der Waals surface area contributed by atoms with Gasteiger partial charge in [0.15, 0.2) is 0 Å². The Kier molecular flexibility index (Phi) is 3.88. The first-order valence-corrected chi connectivity index (χ1v) is 8.28. The largest absolute Gasteiger partial charge is 0.508 e. The molecule has 4 rings (SSSR count). The zero-order valence-corrected chi connectivity index (χ0v) is 14.0. The molecule has 0 spiro atoms. The average molecular weight is 352 g/mol. The molecule has 1 aliphatic rings. The summed E-state index contributed by atoms with van der Waals surface area (Å²) in [6.45, 7) is 1.89. The Balaban J connectivity index is 1.96. The predicted molar refractivity (Wildman–Crippen MR) is 93.5 cm³/mol. The molecule has 2 aromatic carbocycles. The Labute approximate surface area is 148 Å². The van der Waals surface area contributed by atoms with E-state index >= 15 is 0 Å². The summed E-state index contributed by atoms with van der Waals surface area (Å²) in [5.41, 5.74) is 0.644. The SMILES string of the molecule is CCOC(=O)[C@H]1Oc2c(c(=O)oc3ccccc23)[C@@H]1c1cccc(O)c1. The molecule has 0 saturated heterocycles. The summed E-state index contributed by atoms with van der Waals surface area (Å²) in [4.78, 5) is 25.1. The highest BCUT2D eigenvalue weighted by atomic mass is 16.6. The summed E-state index contributed by atoms with van der Waals surface area (Å²) in [6.07, 6.45) is -1.03. The number of ether oxygens (including phenoxy) is 2. The summed E-state index contributed by atoms with van der Waals surface area (Å²) in [5.74, 6) is -0.940. The number of rotatable bonds is 3. The van der Waals surface area contributed by atoms with E-state index in [1.54, 1.807) is 43.3 Å². The number of fused-ring (bicyclic) bond motifs is 3. The van der Waals surface area contributed by atoms with Crippen molar-refractivity contribution in [1.29, 1.82) is 0 Å². The number of carbonyl (C=O) groups excluding carboxylic acids is 1. The van der Waals surface area contributed by atoms with Crippen LogP contribution in [0, 0.1) is 0 Å². The number of hydrogen-bond donors (Lipinski definition) is 1. The Morgan fingerprint density at radius 2 is 2.00 bits per heavy atom. The molecule has 0 fully saturated rings. The van der Waals surface area contributed by atoms with Gasteiger partial charge >= 0.3 is 11.6 Å². The molecule has 6 heteroatoms. The lowest BCUT2D eigenvalue weighted by Crippen LogP contribution is -2.32. The molecule has 26 heavy (non-hydrogen) atoms. The minimum absolute atomic E-state index is 0.0312. The van der Waals surface area contributed by atoms with Gasteiger partial charge in [-0.15, -0.1) is 0 Å². The third kappa shape index (κ3) is 2.50. The molecule has 132 valence electrons. The number of carbonyl (C=O) groups is 1. The van der Waals surface area contributed by atoms with Crippen LogP contribution in [-0.4, -0.2) is 23.8 Å². The van der Waals surface area contributed by atoms with Crippen LogP contribution in [0.5, 0.6) is 11.5 Å². The molecule has 0 amide bonds. The third-order valence-corrected chi connectivity index (χ3v) is 4.41. The Bertz CT molecular complexity index is 1050. The van der Waals surface area contributed by atoms with E-state index in [0.717, 1.165) is 0 Å². The zero-order chi connectivity index (χ0) is 18.3. The average Bonchev–Trinajstić information content (AvgIpc) is 3.04. The van der Waals surface area contributed by atoms with Crippen molar-refractivity contribution in [1.82, 2.24) is 0 Å². The quantitative estimate of drug-likeness (QED) is 0.576. The van der Waals surface area contributed by atoms with Crippen molar-refractivity contribution in [3.8, 4) is 11.5 Å². The van der Waals surface area contributed by atoms with Crippen molar-refractivity contribution in [2.75, 3.05) is 6.61 Å². The molecular weight excluding hydrogens is 336 g/mol. The lowest BCUT2D eigenvalue weighted by atomic mass is 9.88. The van der Waals surface area contributed by atoms with Crippen molar-refractivity contribution >= 4 is 16.9 Å². The van der Waals surface area contributed by atoms with Gasteiger partial charge in [-0.05, 0) is 36.8 Å². The number of benzene rings is 2. The minimum Gasteiger partial charge on any atom is -0.508 e. The van der Waals surface area contributed by atoms with Crippen LogP contribution in [0.1, 0.15) is 24.0 Å². The highest BCUT2D eigenvalue weighted by Gasteiger charge is 2.45. The van der Waals surface area contributed by atoms with Crippen molar-refractivity contribution in [3.63, 3.8) is 0 Å². The number of phenols is 1. The molecule has 1 N–H and O–H groups in total. The van der Waals surface area contributed by atoms with Gasteiger partial charge in [0.05, 0.1) is 23.5 Å². The van der Waals surface area contributed by atoms with Gasteiger partial charge in [-0.2, -0.15) is 0 Å². The first kappa shape index (κ1) is 16.2. The van der Waals surface area contributed by atoms with Crippen LogP contribution < -0.4 is 10.4 Å². The normalized spacial score (nSPS) is 18.3. The first-order valence-electron chi connectivity index (χ1n) is 8.28. The molecule has 0 bridgehead atoms. The van der Waals surface area contributed by atoms with Gasteiger partial charge in [0.2, 0.25) is 6.10 Å². The maximum absolute atomic E-state index is 12.7. The highest BCUT2D eigenvalue weighted by molar-refractivity contribution is 5.88. The van der Waals surface area contributed by atoms with Crippen LogP contribution in [-0.2, 0) is 9.53 Å². The van der Waals surface area contributed by atoms with Crippen molar-refractivity contribution in [2.45, 2.75) is 18.9 Å². The number of hydrogen-bond acceptors (Lipinski definition) is 6. The van der Waals surface area contributed by atoms with Gasteiger partial charge in [0.1, 0.15) is 17.1 Å². The second-order valence-electron chi connectivity index (χ2n) is 5.99. The van der Waals surface area contributed by atoms with E-state index in [1.807, 2.05) is 0 Å².